The Hall–Kier alpha value is -4.61. The Morgan fingerprint density at radius 1 is 1.15 bits per heavy atom. The molecule has 0 aliphatic heterocycles. The van der Waals surface area contributed by atoms with E-state index in [0.717, 1.165) is 5.56 Å². The number of aryl methyl sites for hydroxylation is 1. The van der Waals surface area contributed by atoms with Crippen molar-refractivity contribution in [2.24, 2.45) is 7.05 Å². The number of rotatable bonds is 6. The van der Waals surface area contributed by atoms with Crippen molar-refractivity contribution in [3.05, 3.63) is 61.0 Å². The Kier molecular flexibility index (Phi) is 5.01. The molecule has 0 fully saturated rings. The van der Waals surface area contributed by atoms with Crippen molar-refractivity contribution < 1.29 is 14.2 Å². The molecule has 4 heterocycles. The van der Waals surface area contributed by atoms with Crippen LogP contribution in [0.4, 0.5) is 16.0 Å². The lowest BCUT2D eigenvalue weighted by Gasteiger charge is -2.23. The van der Waals surface area contributed by atoms with Gasteiger partial charge in [0.2, 0.25) is 5.95 Å². The minimum atomic E-state index is -0.680. The topological polar surface area (TPSA) is 131 Å². The second-order valence-electron chi connectivity index (χ2n) is 7.14. The Morgan fingerprint density at radius 3 is 2.76 bits per heavy atom. The number of hydrogen-bond donors (Lipinski definition) is 2. The molecule has 0 unspecified atom stereocenters. The predicted octanol–water partition coefficient (Wildman–Crippen LogP) is 2.74. The molecule has 0 spiro atoms. The largest absolute Gasteiger partial charge is 0.508 e. The van der Waals surface area contributed by atoms with E-state index in [1.165, 1.54) is 30.3 Å². The van der Waals surface area contributed by atoms with E-state index in [2.05, 4.69) is 35.0 Å². The van der Waals surface area contributed by atoms with E-state index in [4.69, 9.17) is 4.74 Å². The molecular weight excluding hydrogens is 429 g/mol. The second-order valence-corrected chi connectivity index (χ2v) is 7.14. The molecule has 2 N–H and O–H groups in total. The Bertz CT molecular complexity index is 1440. The zero-order valence-corrected chi connectivity index (χ0v) is 17.6. The summed E-state index contributed by atoms with van der Waals surface area (Å²) < 4.78 is 21.9. The number of phenols is 1. The van der Waals surface area contributed by atoms with Crippen LogP contribution in [-0.2, 0) is 13.6 Å². The first-order valence-electron chi connectivity index (χ1n) is 9.83. The SMILES string of the molecule is COc1cc(O)cc(N(Cc2ncc[nH]2)c2ncc3ncc(-c4cnn(C)c4)nc3n2)c1F. The quantitative estimate of drug-likeness (QED) is 0.403. The van der Waals surface area contributed by atoms with Gasteiger partial charge in [-0.2, -0.15) is 10.1 Å². The minimum absolute atomic E-state index is 0.0129. The third-order valence-corrected chi connectivity index (χ3v) is 4.91. The standard InChI is InChI=1S/C21H18FN9O2/c1-30-10-12(7-27-30)14-8-25-15-9-26-21(29-20(15)28-14)31(11-18-23-3-4-24-18)16-5-13(32)6-17(33-2)19(16)22/h3-10,32H,11H2,1-2H3,(H,23,24). The number of fused-ring (bicyclic) bond motifs is 1. The van der Waals surface area contributed by atoms with Crippen molar-refractivity contribution >= 4 is 22.8 Å². The maximum Gasteiger partial charge on any atom is 0.232 e. The highest BCUT2D eigenvalue weighted by Crippen LogP contribution is 2.36. The molecule has 11 nitrogen and oxygen atoms in total. The van der Waals surface area contributed by atoms with Crippen LogP contribution >= 0.6 is 0 Å². The number of H-pyrrole nitrogens is 1. The predicted molar refractivity (Wildman–Crippen MR) is 116 cm³/mol. The number of aromatic nitrogens is 8. The van der Waals surface area contributed by atoms with Gasteiger partial charge in [0.25, 0.3) is 0 Å². The molecule has 0 saturated heterocycles. The highest BCUT2D eigenvalue weighted by Gasteiger charge is 2.23. The van der Waals surface area contributed by atoms with Crippen LogP contribution < -0.4 is 9.64 Å². The Balaban J connectivity index is 1.64. The molecule has 0 saturated carbocycles. The number of nitrogens with zero attached hydrogens (tertiary/aromatic N) is 8. The van der Waals surface area contributed by atoms with Gasteiger partial charge in [-0.1, -0.05) is 0 Å². The first-order chi connectivity index (χ1) is 16.0. The third-order valence-electron chi connectivity index (χ3n) is 4.91. The number of methoxy groups -OCH3 is 1. The van der Waals surface area contributed by atoms with Gasteiger partial charge in [0, 0.05) is 43.3 Å². The molecule has 33 heavy (non-hydrogen) atoms. The summed E-state index contributed by atoms with van der Waals surface area (Å²) in [5.41, 5.74) is 2.17. The second kappa shape index (κ2) is 8.15. The average molecular weight is 447 g/mol. The van der Waals surface area contributed by atoms with Gasteiger partial charge in [0.05, 0.1) is 43.6 Å². The smallest absolute Gasteiger partial charge is 0.232 e. The summed E-state index contributed by atoms with van der Waals surface area (Å²) in [5, 5.41) is 14.3. The van der Waals surface area contributed by atoms with Crippen LogP contribution in [0.1, 0.15) is 5.82 Å². The number of anilines is 2. The van der Waals surface area contributed by atoms with Crippen molar-refractivity contribution in [1.82, 2.24) is 39.7 Å². The first kappa shape index (κ1) is 20.3. The highest BCUT2D eigenvalue weighted by molar-refractivity contribution is 5.74. The van der Waals surface area contributed by atoms with E-state index in [1.54, 1.807) is 29.5 Å². The van der Waals surface area contributed by atoms with E-state index in [0.29, 0.717) is 22.7 Å². The van der Waals surface area contributed by atoms with E-state index < -0.39 is 5.82 Å². The van der Waals surface area contributed by atoms with Crippen molar-refractivity contribution in [2.45, 2.75) is 6.54 Å². The van der Waals surface area contributed by atoms with Gasteiger partial charge in [0.1, 0.15) is 17.1 Å². The molecule has 0 amide bonds. The summed E-state index contributed by atoms with van der Waals surface area (Å²) >= 11 is 0. The van der Waals surface area contributed by atoms with Crippen LogP contribution in [0.5, 0.6) is 11.5 Å². The van der Waals surface area contributed by atoms with Gasteiger partial charge in [0.15, 0.2) is 17.2 Å². The number of phenolic OH excluding ortho intramolecular Hbond substituents is 1. The number of nitrogens with one attached hydrogen (secondary N) is 1. The fourth-order valence-corrected chi connectivity index (χ4v) is 3.34. The third kappa shape index (κ3) is 3.89. The number of halogens is 1. The maximum absolute atomic E-state index is 15.2. The molecule has 0 bridgehead atoms. The Morgan fingerprint density at radius 2 is 2.03 bits per heavy atom. The van der Waals surface area contributed by atoms with E-state index >= 15 is 4.39 Å². The molecule has 4 aromatic heterocycles. The first-order valence-corrected chi connectivity index (χ1v) is 9.83. The summed E-state index contributed by atoms with van der Waals surface area (Å²) in [6.45, 7) is 0.0950. The number of ether oxygens (including phenoxy) is 1. The molecular formula is C21H18FN9O2. The van der Waals surface area contributed by atoms with Gasteiger partial charge in [-0.05, 0) is 0 Å². The van der Waals surface area contributed by atoms with Crippen LogP contribution in [0.15, 0.2) is 49.3 Å². The van der Waals surface area contributed by atoms with Crippen molar-refractivity contribution in [1.29, 1.82) is 0 Å². The minimum Gasteiger partial charge on any atom is -0.508 e. The zero-order valence-electron chi connectivity index (χ0n) is 17.6. The number of imidazole rings is 1. The molecule has 0 aliphatic rings. The van der Waals surface area contributed by atoms with Crippen molar-refractivity contribution in [3.8, 4) is 22.8 Å². The van der Waals surface area contributed by atoms with Crippen LogP contribution in [0.2, 0.25) is 0 Å². The highest BCUT2D eigenvalue weighted by atomic mass is 19.1. The number of benzene rings is 1. The summed E-state index contributed by atoms with van der Waals surface area (Å²) in [7, 11) is 3.13. The molecule has 0 radical (unpaired) electrons. The van der Waals surface area contributed by atoms with Crippen LogP contribution in [0.3, 0.4) is 0 Å². The van der Waals surface area contributed by atoms with Crippen molar-refractivity contribution in [2.75, 3.05) is 12.0 Å². The lowest BCUT2D eigenvalue weighted by molar-refractivity contribution is 0.380. The summed E-state index contributed by atoms with van der Waals surface area (Å²) in [5.74, 6) is -0.291. The summed E-state index contributed by atoms with van der Waals surface area (Å²) in [4.78, 5) is 26.5. The van der Waals surface area contributed by atoms with Gasteiger partial charge in [-0.15, -0.1) is 0 Å². The van der Waals surface area contributed by atoms with Crippen LogP contribution in [0, 0.1) is 5.82 Å². The fourth-order valence-electron chi connectivity index (χ4n) is 3.34. The maximum atomic E-state index is 15.2. The fraction of sp³-hybridized carbons (Fsp3) is 0.143. The molecule has 166 valence electrons. The molecule has 0 aliphatic carbocycles. The Labute approximate surface area is 186 Å². The van der Waals surface area contributed by atoms with E-state index in [1.807, 2.05) is 13.2 Å². The van der Waals surface area contributed by atoms with Gasteiger partial charge in [-0.3, -0.25) is 9.58 Å². The lowest BCUT2D eigenvalue weighted by atomic mass is 10.2. The molecule has 5 aromatic rings. The van der Waals surface area contributed by atoms with E-state index in [-0.39, 0.29) is 29.7 Å². The summed E-state index contributed by atoms with van der Waals surface area (Å²) in [6.07, 6.45) is 9.85. The van der Waals surface area contributed by atoms with Gasteiger partial charge >= 0.3 is 0 Å². The monoisotopic (exact) mass is 447 g/mol. The van der Waals surface area contributed by atoms with Gasteiger partial charge < -0.3 is 14.8 Å². The van der Waals surface area contributed by atoms with E-state index in [9.17, 15) is 5.11 Å². The number of aromatic hydroxyl groups is 1. The lowest BCUT2D eigenvalue weighted by Crippen LogP contribution is -2.21. The van der Waals surface area contributed by atoms with Gasteiger partial charge in [-0.25, -0.2) is 24.3 Å². The number of aromatic amines is 1. The molecule has 12 heteroatoms. The number of hydrogen-bond acceptors (Lipinski definition) is 9. The molecule has 0 atom stereocenters. The normalized spacial score (nSPS) is 11.1. The van der Waals surface area contributed by atoms with Crippen molar-refractivity contribution in [3.63, 3.8) is 0 Å². The molecule has 5 rings (SSSR count). The van der Waals surface area contributed by atoms with Crippen LogP contribution in [0.25, 0.3) is 22.4 Å². The average Bonchev–Trinajstić information content (AvgIpc) is 3.50. The zero-order chi connectivity index (χ0) is 22.9. The molecule has 1 aromatic carbocycles. The summed E-state index contributed by atoms with van der Waals surface area (Å²) in [6, 6.07) is 2.46. The van der Waals surface area contributed by atoms with Crippen LogP contribution in [-0.4, -0.2) is 51.9 Å².